The zero-order valence-corrected chi connectivity index (χ0v) is 7.41. The average molecular weight is 187 g/mol. The fourth-order valence-corrected chi connectivity index (χ4v) is 1.83. The summed E-state index contributed by atoms with van der Waals surface area (Å²) in [5, 5.41) is 2.35. The molecule has 0 aromatic carbocycles. The number of hydrogen-bond donors (Lipinski definition) is 0. The van der Waals surface area contributed by atoms with Crippen LogP contribution in [0.1, 0.15) is 16.1 Å². The molecule has 3 heteroatoms. The van der Waals surface area contributed by atoms with Crippen molar-refractivity contribution in [1.82, 2.24) is 0 Å². The van der Waals surface area contributed by atoms with E-state index in [4.69, 9.17) is 11.6 Å². The number of halogens is 1. The van der Waals surface area contributed by atoms with Gasteiger partial charge in [-0.05, 0) is 11.4 Å². The van der Waals surface area contributed by atoms with E-state index in [9.17, 15) is 4.79 Å². The molecule has 0 amide bonds. The number of allylic oxidation sites excluding steroid dienone is 1. The first kappa shape index (κ1) is 8.50. The van der Waals surface area contributed by atoms with Crippen LogP contribution in [0.5, 0.6) is 0 Å². The summed E-state index contributed by atoms with van der Waals surface area (Å²) in [6.07, 6.45) is 1.94. The first-order valence-electron chi connectivity index (χ1n) is 3.12. The van der Waals surface area contributed by atoms with Crippen LogP contribution >= 0.6 is 22.9 Å². The van der Waals surface area contributed by atoms with Gasteiger partial charge in [-0.25, -0.2) is 0 Å². The Morgan fingerprint density at radius 2 is 2.55 bits per heavy atom. The molecule has 0 aliphatic heterocycles. The highest BCUT2D eigenvalue weighted by Crippen LogP contribution is 2.23. The summed E-state index contributed by atoms with van der Waals surface area (Å²) in [7, 11) is 0. The maximum Gasteiger partial charge on any atom is 0.178 e. The zero-order valence-electron chi connectivity index (χ0n) is 5.84. The normalized spacial score (nSPS) is 9.55. The van der Waals surface area contributed by atoms with Crippen molar-refractivity contribution in [3.05, 3.63) is 34.0 Å². The second-order valence-corrected chi connectivity index (χ2v) is 3.34. The third-order valence-electron chi connectivity index (χ3n) is 1.20. The van der Waals surface area contributed by atoms with E-state index >= 15 is 0 Å². The predicted molar refractivity (Wildman–Crippen MR) is 48.5 cm³/mol. The van der Waals surface area contributed by atoms with Crippen LogP contribution in [0.25, 0.3) is 0 Å². The van der Waals surface area contributed by atoms with E-state index in [1.165, 1.54) is 11.3 Å². The number of hydrogen-bond acceptors (Lipinski definition) is 2. The van der Waals surface area contributed by atoms with Crippen molar-refractivity contribution in [2.24, 2.45) is 0 Å². The van der Waals surface area contributed by atoms with Crippen LogP contribution in [0, 0.1) is 0 Å². The fourth-order valence-electron chi connectivity index (χ4n) is 0.716. The van der Waals surface area contributed by atoms with E-state index in [-0.39, 0.29) is 5.78 Å². The molecule has 0 N–H and O–H groups in total. The highest BCUT2D eigenvalue weighted by molar-refractivity contribution is 7.12. The molecule has 0 bridgehead atoms. The molecule has 1 nitrogen and oxygen atoms in total. The van der Waals surface area contributed by atoms with Crippen LogP contribution in [-0.4, -0.2) is 5.78 Å². The van der Waals surface area contributed by atoms with Crippen LogP contribution in [0.4, 0.5) is 0 Å². The minimum atomic E-state index is 0.0417. The molecule has 0 fully saturated rings. The molecule has 1 heterocycles. The molecule has 11 heavy (non-hydrogen) atoms. The maximum absolute atomic E-state index is 11.2. The highest BCUT2D eigenvalue weighted by atomic mass is 35.5. The predicted octanol–water partition coefficient (Wildman–Crippen LogP) is 3.16. The van der Waals surface area contributed by atoms with Crippen LogP contribution in [0.3, 0.4) is 0 Å². The number of carbonyl (C=O) groups is 1. The summed E-state index contributed by atoms with van der Waals surface area (Å²) in [6.45, 7) is 3.48. The smallest absolute Gasteiger partial charge is 0.178 e. The van der Waals surface area contributed by atoms with Gasteiger partial charge >= 0.3 is 0 Å². The SMILES string of the molecule is C=CCC(=O)c1sccc1Cl. The second-order valence-electron chi connectivity index (χ2n) is 2.01. The lowest BCUT2D eigenvalue weighted by Crippen LogP contribution is -1.92. The Morgan fingerprint density at radius 3 is 3.00 bits per heavy atom. The monoisotopic (exact) mass is 186 g/mol. The van der Waals surface area contributed by atoms with Gasteiger partial charge in [0.15, 0.2) is 5.78 Å². The molecule has 1 aromatic rings. The third kappa shape index (κ3) is 1.91. The van der Waals surface area contributed by atoms with Crippen LogP contribution in [-0.2, 0) is 0 Å². The Hall–Kier alpha value is -0.600. The Bertz CT molecular complexity index is 277. The molecule has 0 radical (unpaired) electrons. The molecule has 0 unspecified atom stereocenters. The number of thiophene rings is 1. The minimum absolute atomic E-state index is 0.0417. The number of carbonyl (C=O) groups excluding carboxylic acids is 1. The number of ketones is 1. The van der Waals surface area contributed by atoms with E-state index in [1.807, 2.05) is 0 Å². The lowest BCUT2D eigenvalue weighted by atomic mass is 10.2. The van der Waals surface area contributed by atoms with Gasteiger partial charge in [-0.1, -0.05) is 17.7 Å². The molecule has 0 aliphatic carbocycles. The summed E-state index contributed by atoms with van der Waals surface area (Å²) in [5.41, 5.74) is 0. The second kappa shape index (κ2) is 3.69. The van der Waals surface area contributed by atoms with Gasteiger partial charge in [0.25, 0.3) is 0 Å². The zero-order chi connectivity index (χ0) is 8.27. The van der Waals surface area contributed by atoms with Crippen molar-refractivity contribution >= 4 is 28.7 Å². The number of Topliss-reactive ketones (excluding diaryl/α,β-unsaturated/α-hetero) is 1. The van der Waals surface area contributed by atoms with E-state index in [0.29, 0.717) is 16.3 Å². The van der Waals surface area contributed by atoms with E-state index in [0.717, 1.165) is 0 Å². The van der Waals surface area contributed by atoms with Crippen molar-refractivity contribution in [2.45, 2.75) is 6.42 Å². The molecule has 0 atom stereocenters. The topological polar surface area (TPSA) is 17.1 Å². The summed E-state index contributed by atoms with van der Waals surface area (Å²) in [5.74, 6) is 0.0417. The van der Waals surface area contributed by atoms with Crippen molar-refractivity contribution in [2.75, 3.05) is 0 Å². The van der Waals surface area contributed by atoms with Gasteiger partial charge in [-0.2, -0.15) is 0 Å². The summed E-state index contributed by atoms with van der Waals surface area (Å²) >= 11 is 7.09. The van der Waals surface area contributed by atoms with Gasteiger partial charge in [0.05, 0.1) is 9.90 Å². The van der Waals surface area contributed by atoms with E-state index in [1.54, 1.807) is 17.5 Å². The summed E-state index contributed by atoms with van der Waals surface area (Å²) in [6, 6.07) is 1.72. The molecule has 0 saturated carbocycles. The molecule has 1 aromatic heterocycles. The molecule has 0 spiro atoms. The van der Waals surface area contributed by atoms with Gasteiger partial charge in [-0.3, -0.25) is 4.79 Å². The van der Waals surface area contributed by atoms with Crippen LogP contribution in [0.2, 0.25) is 5.02 Å². The third-order valence-corrected chi connectivity index (χ3v) is 2.58. The van der Waals surface area contributed by atoms with Crippen molar-refractivity contribution < 1.29 is 4.79 Å². The van der Waals surface area contributed by atoms with Crippen LogP contribution < -0.4 is 0 Å². The lowest BCUT2D eigenvalue weighted by Gasteiger charge is -1.91. The maximum atomic E-state index is 11.2. The molecule has 0 aliphatic rings. The van der Waals surface area contributed by atoms with Crippen molar-refractivity contribution in [3.63, 3.8) is 0 Å². The molecule has 1 rings (SSSR count). The molecule has 0 saturated heterocycles. The lowest BCUT2D eigenvalue weighted by molar-refractivity contribution is 0.1000. The standard InChI is InChI=1S/C8H7ClOS/c1-2-3-7(10)8-6(9)4-5-11-8/h2,4-5H,1,3H2. The first-order valence-corrected chi connectivity index (χ1v) is 4.38. The summed E-state index contributed by atoms with van der Waals surface area (Å²) in [4.78, 5) is 11.8. The van der Waals surface area contributed by atoms with Crippen LogP contribution in [0.15, 0.2) is 24.1 Å². The summed E-state index contributed by atoms with van der Waals surface area (Å²) < 4.78 is 0. The fraction of sp³-hybridized carbons (Fsp3) is 0.125. The molecular formula is C8H7ClOS. The highest BCUT2D eigenvalue weighted by Gasteiger charge is 2.08. The van der Waals surface area contributed by atoms with Gasteiger partial charge in [-0.15, -0.1) is 17.9 Å². The van der Waals surface area contributed by atoms with Gasteiger partial charge in [0, 0.05) is 6.42 Å². The largest absolute Gasteiger partial charge is 0.293 e. The Kier molecular flexibility index (Phi) is 2.85. The Labute approximate surface area is 74.3 Å². The van der Waals surface area contributed by atoms with Gasteiger partial charge in [0.1, 0.15) is 0 Å². The number of rotatable bonds is 3. The van der Waals surface area contributed by atoms with Crippen molar-refractivity contribution in [3.8, 4) is 0 Å². The minimum Gasteiger partial charge on any atom is -0.293 e. The molecular weight excluding hydrogens is 180 g/mol. The molecule has 58 valence electrons. The average Bonchev–Trinajstić information content (AvgIpc) is 2.36. The Balaban J connectivity index is 2.83. The Morgan fingerprint density at radius 1 is 1.82 bits per heavy atom. The van der Waals surface area contributed by atoms with E-state index < -0.39 is 0 Å². The first-order chi connectivity index (χ1) is 5.25. The van der Waals surface area contributed by atoms with Gasteiger partial charge in [0.2, 0.25) is 0 Å². The van der Waals surface area contributed by atoms with Gasteiger partial charge < -0.3 is 0 Å². The quantitative estimate of drug-likeness (QED) is 0.524. The van der Waals surface area contributed by atoms with Crippen molar-refractivity contribution in [1.29, 1.82) is 0 Å². The van der Waals surface area contributed by atoms with E-state index in [2.05, 4.69) is 6.58 Å².